The number of nitrogens with zero attached hydrogens (tertiary/aromatic N) is 2. The maximum atomic E-state index is 12.9. The van der Waals surface area contributed by atoms with Crippen molar-refractivity contribution < 1.29 is 9.59 Å². The Kier molecular flexibility index (Phi) is 8.15. The first-order valence-corrected chi connectivity index (χ1v) is 13.0. The van der Waals surface area contributed by atoms with Crippen molar-refractivity contribution in [1.29, 1.82) is 0 Å². The summed E-state index contributed by atoms with van der Waals surface area (Å²) in [6.07, 6.45) is 2.64. The van der Waals surface area contributed by atoms with Gasteiger partial charge in [-0.15, -0.1) is 23.1 Å². The molecule has 0 radical (unpaired) electrons. The molecule has 172 valence electrons. The fraction of sp³-hybridized carbons (Fsp3) is 0.320. The molecule has 0 saturated carbocycles. The largest absolute Gasteiger partial charge is 0.369 e. The van der Waals surface area contributed by atoms with E-state index in [1.807, 2.05) is 47.3 Å². The third-order valence-electron chi connectivity index (χ3n) is 5.91. The fourth-order valence-electron chi connectivity index (χ4n) is 3.92. The van der Waals surface area contributed by atoms with Crippen LogP contribution in [0.4, 0.5) is 5.69 Å². The molecule has 4 rings (SSSR count). The van der Waals surface area contributed by atoms with Gasteiger partial charge in [-0.3, -0.25) is 9.59 Å². The van der Waals surface area contributed by atoms with Crippen LogP contribution in [0.1, 0.15) is 34.5 Å². The zero-order valence-corrected chi connectivity index (χ0v) is 20.0. The predicted octanol–water partition coefficient (Wildman–Crippen LogP) is 4.43. The van der Waals surface area contributed by atoms with Crippen molar-refractivity contribution in [3.63, 3.8) is 0 Å². The van der Waals surface area contributed by atoms with Crippen LogP contribution in [0.5, 0.6) is 0 Å². The van der Waals surface area contributed by atoms with E-state index in [-0.39, 0.29) is 17.7 Å². The van der Waals surface area contributed by atoms with Gasteiger partial charge < -0.3 is 16.0 Å². The molecule has 0 aliphatic carbocycles. The lowest BCUT2D eigenvalue weighted by molar-refractivity contribution is -0.123. The number of hydrogen-bond donors (Lipinski definition) is 2. The maximum absolute atomic E-state index is 12.9. The number of amides is 2. The lowest BCUT2D eigenvalue weighted by Crippen LogP contribution is -2.39. The van der Waals surface area contributed by atoms with Crippen molar-refractivity contribution in [1.82, 2.24) is 9.88 Å². The SMILES string of the molecule is NC(=O)C1CCN(CCc2ccc(NC(=O)c3ccccc3SCc3cscn3)cc2)CC1. The third-order valence-corrected chi connectivity index (χ3v) is 7.65. The van der Waals surface area contributed by atoms with Gasteiger partial charge in [0.1, 0.15) is 0 Å². The molecular weight excluding hydrogens is 452 g/mol. The number of nitrogens with two attached hydrogens (primary N) is 1. The predicted molar refractivity (Wildman–Crippen MR) is 135 cm³/mol. The zero-order chi connectivity index (χ0) is 23.0. The van der Waals surface area contributed by atoms with Gasteiger partial charge in [-0.2, -0.15) is 0 Å². The summed E-state index contributed by atoms with van der Waals surface area (Å²) < 4.78 is 0. The third kappa shape index (κ3) is 6.66. The van der Waals surface area contributed by atoms with Crippen LogP contribution in [0, 0.1) is 5.92 Å². The molecule has 2 amide bonds. The number of benzene rings is 2. The van der Waals surface area contributed by atoms with E-state index in [2.05, 4.69) is 27.3 Å². The minimum absolute atomic E-state index is 0.0278. The summed E-state index contributed by atoms with van der Waals surface area (Å²) in [5.41, 5.74) is 10.9. The molecule has 1 aliphatic heterocycles. The molecular formula is C25H28N4O2S2. The van der Waals surface area contributed by atoms with Crippen LogP contribution >= 0.6 is 23.1 Å². The lowest BCUT2D eigenvalue weighted by atomic mass is 9.96. The van der Waals surface area contributed by atoms with E-state index in [4.69, 9.17) is 5.73 Å². The molecule has 0 bridgehead atoms. The highest BCUT2D eigenvalue weighted by Gasteiger charge is 2.22. The van der Waals surface area contributed by atoms with Gasteiger partial charge in [-0.25, -0.2) is 4.98 Å². The molecule has 3 aromatic rings. The number of thioether (sulfide) groups is 1. The molecule has 1 fully saturated rings. The molecule has 2 heterocycles. The van der Waals surface area contributed by atoms with Gasteiger partial charge in [0.05, 0.1) is 16.8 Å². The van der Waals surface area contributed by atoms with Gasteiger partial charge in [0.2, 0.25) is 5.91 Å². The number of thiazole rings is 1. The van der Waals surface area contributed by atoms with Crippen molar-refractivity contribution >= 4 is 40.6 Å². The monoisotopic (exact) mass is 480 g/mol. The number of anilines is 1. The van der Waals surface area contributed by atoms with Gasteiger partial charge in [0.25, 0.3) is 5.91 Å². The van der Waals surface area contributed by atoms with Crippen molar-refractivity contribution in [2.75, 3.05) is 25.0 Å². The molecule has 1 saturated heterocycles. The highest BCUT2D eigenvalue weighted by atomic mass is 32.2. The number of primary amides is 1. The molecule has 1 aromatic heterocycles. The lowest BCUT2D eigenvalue weighted by Gasteiger charge is -2.30. The number of carbonyl (C=O) groups is 2. The highest BCUT2D eigenvalue weighted by Crippen LogP contribution is 2.27. The maximum Gasteiger partial charge on any atom is 0.256 e. The highest BCUT2D eigenvalue weighted by molar-refractivity contribution is 7.98. The number of likely N-dealkylation sites (tertiary alicyclic amines) is 1. The van der Waals surface area contributed by atoms with Crippen molar-refractivity contribution in [3.05, 3.63) is 76.2 Å². The standard InChI is InChI=1S/C25H28N4O2S2/c26-24(30)19-10-13-29(14-11-19)12-9-18-5-7-20(8-6-18)28-25(31)22-3-1-2-4-23(22)33-16-21-15-32-17-27-21/h1-8,15,17,19H,9-14,16H2,(H2,26,30)(H,28,31). The molecule has 33 heavy (non-hydrogen) atoms. The van der Waals surface area contributed by atoms with E-state index < -0.39 is 0 Å². The first kappa shape index (κ1) is 23.5. The average molecular weight is 481 g/mol. The van der Waals surface area contributed by atoms with E-state index in [0.29, 0.717) is 5.56 Å². The van der Waals surface area contributed by atoms with Gasteiger partial charge >= 0.3 is 0 Å². The molecule has 2 aromatic carbocycles. The summed E-state index contributed by atoms with van der Waals surface area (Å²) in [6, 6.07) is 15.7. The Morgan fingerprint density at radius 2 is 1.88 bits per heavy atom. The van der Waals surface area contributed by atoms with Crippen molar-refractivity contribution in [2.45, 2.75) is 29.9 Å². The Bertz CT molecular complexity index is 1060. The summed E-state index contributed by atoms with van der Waals surface area (Å²) in [7, 11) is 0. The molecule has 0 spiro atoms. The number of rotatable bonds is 9. The van der Waals surface area contributed by atoms with Crippen LogP contribution in [-0.2, 0) is 17.0 Å². The van der Waals surface area contributed by atoms with E-state index in [1.165, 1.54) is 5.56 Å². The Hall–Kier alpha value is -2.68. The number of nitrogens with one attached hydrogen (secondary N) is 1. The van der Waals surface area contributed by atoms with Crippen molar-refractivity contribution in [3.8, 4) is 0 Å². The number of hydrogen-bond acceptors (Lipinski definition) is 6. The molecule has 3 N–H and O–H groups in total. The summed E-state index contributed by atoms with van der Waals surface area (Å²) in [4.78, 5) is 31.9. The number of carbonyl (C=O) groups excluding carboxylic acids is 2. The first-order chi connectivity index (χ1) is 16.1. The van der Waals surface area contributed by atoms with E-state index in [9.17, 15) is 9.59 Å². The van der Waals surface area contributed by atoms with Crippen LogP contribution in [0.2, 0.25) is 0 Å². The Balaban J connectivity index is 1.28. The number of aromatic nitrogens is 1. The van der Waals surface area contributed by atoms with E-state index in [1.54, 1.807) is 23.1 Å². The van der Waals surface area contributed by atoms with Gasteiger partial charge in [0.15, 0.2) is 0 Å². The van der Waals surface area contributed by atoms with Crippen LogP contribution in [-0.4, -0.2) is 41.3 Å². The van der Waals surface area contributed by atoms with E-state index in [0.717, 1.165) is 60.9 Å². The molecule has 0 unspecified atom stereocenters. The minimum atomic E-state index is -0.173. The molecule has 1 aliphatic rings. The average Bonchev–Trinajstić information content (AvgIpc) is 3.36. The summed E-state index contributed by atoms with van der Waals surface area (Å²) in [6.45, 7) is 2.80. The zero-order valence-electron chi connectivity index (χ0n) is 18.4. The van der Waals surface area contributed by atoms with Crippen LogP contribution in [0.15, 0.2) is 64.3 Å². The minimum Gasteiger partial charge on any atom is -0.369 e. The Morgan fingerprint density at radius 3 is 2.58 bits per heavy atom. The Labute approximate surface area is 202 Å². The second-order valence-corrected chi connectivity index (χ2v) is 9.92. The van der Waals surface area contributed by atoms with Crippen molar-refractivity contribution in [2.24, 2.45) is 11.7 Å². The van der Waals surface area contributed by atoms with Gasteiger partial charge in [-0.1, -0.05) is 24.3 Å². The quantitative estimate of drug-likeness (QED) is 0.443. The first-order valence-electron chi connectivity index (χ1n) is 11.1. The Morgan fingerprint density at radius 1 is 1.12 bits per heavy atom. The van der Waals surface area contributed by atoms with Crippen LogP contribution in [0.3, 0.4) is 0 Å². The van der Waals surface area contributed by atoms with Gasteiger partial charge in [-0.05, 0) is 62.2 Å². The van der Waals surface area contributed by atoms with Gasteiger partial charge in [0, 0.05) is 34.2 Å². The topological polar surface area (TPSA) is 88.3 Å². The summed E-state index contributed by atoms with van der Waals surface area (Å²) in [5, 5.41) is 5.05. The smallest absolute Gasteiger partial charge is 0.256 e. The summed E-state index contributed by atoms with van der Waals surface area (Å²) >= 11 is 3.20. The second-order valence-electron chi connectivity index (χ2n) is 8.18. The molecule has 0 atom stereocenters. The summed E-state index contributed by atoms with van der Waals surface area (Å²) in [5.74, 6) is 0.484. The molecule has 8 heteroatoms. The normalized spacial score (nSPS) is 14.8. The fourth-order valence-corrected chi connectivity index (χ4v) is 5.54. The van der Waals surface area contributed by atoms with Crippen LogP contribution < -0.4 is 11.1 Å². The number of piperidine rings is 1. The second kappa shape index (κ2) is 11.4. The van der Waals surface area contributed by atoms with Crippen LogP contribution in [0.25, 0.3) is 0 Å². The molecule has 6 nitrogen and oxygen atoms in total. The van der Waals surface area contributed by atoms with E-state index >= 15 is 0 Å².